The summed E-state index contributed by atoms with van der Waals surface area (Å²) in [6.45, 7) is 0. The van der Waals surface area contributed by atoms with E-state index in [9.17, 15) is 0 Å². The molecule has 0 unspecified atom stereocenters. The maximum absolute atomic E-state index is 4.02. The van der Waals surface area contributed by atoms with E-state index in [1.54, 1.807) is 0 Å². The van der Waals surface area contributed by atoms with Crippen molar-refractivity contribution in [2.75, 3.05) is 5.32 Å². The highest BCUT2D eigenvalue weighted by atomic mass is 32.2. The number of thioether (sulfide) groups is 1. The maximum Gasteiger partial charge on any atom is 0.210 e. The lowest BCUT2D eigenvalue weighted by Gasteiger charge is -2.12. The highest BCUT2D eigenvalue weighted by Gasteiger charge is 2.08. The fraction of sp³-hybridized carbons (Fsp3) is 0.0476. The molecule has 0 amide bonds. The Hall–Kier alpha value is -2.63. The van der Waals surface area contributed by atoms with Crippen molar-refractivity contribution in [1.82, 2.24) is 10.2 Å². The smallest absolute Gasteiger partial charge is 0.210 e. The fourth-order valence-corrected chi connectivity index (χ4v) is 4.14. The van der Waals surface area contributed by atoms with E-state index in [-0.39, 0.29) is 0 Å². The summed E-state index contributed by atoms with van der Waals surface area (Å²) in [5.74, 6) is 0.895. The Bertz CT molecular complexity index is 969. The monoisotopic (exact) mass is 374 g/mol. The molecule has 1 heterocycles. The predicted molar refractivity (Wildman–Crippen MR) is 110 cm³/mol. The van der Waals surface area contributed by atoms with Crippen molar-refractivity contribution >= 4 is 33.9 Å². The first kappa shape index (κ1) is 16.8. The predicted octanol–water partition coefficient (Wildman–Crippen LogP) is 6.04. The number of para-hydroxylation sites is 1. The molecule has 5 heteroatoms. The van der Waals surface area contributed by atoms with Crippen LogP contribution in [0.2, 0.25) is 0 Å². The van der Waals surface area contributed by atoms with Gasteiger partial charge in [0.05, 0.1) is 5.69 Å². The lowest BCUT2D eigenvalue weighted by atomic mass is 10.0. The minimum Gasteiger partial charge on any atom is -0.329 e. The van der Waals surface area contributed by atoms with Crippen molar-refractivity contribution in [3.8, 4) is 11.1 Å². The minimum atomic E-state index is 0.753. The quantitative estimate of drug-likeness (QED) is 0.417. The largest absolute Gasteiger partial charge is 0.329 e. The number of hydrogen-bond acceptors (Lipinski definition) is 5. The summed E-state index contributed by atoms with van der Waals surface area (Å²) in [5, 5.41) is 11.9. The Labute approximate surface area is 161 Å². The molecule has 0 saturated heterocycles. The van der Waals surface area contributed by atoms with Gasteiger partial charge in [-0.25, -0.2) is 0 Å². The standard InChI is InChI=1S/C21H16N3S2/c1-2-8-16(9-3-1)18-11-5-4-10-17(18)14-25-20-13-7-6-12-19(20)23-21-24-22-15-26-21/h1-13H,14H2,(H,23,24). The molecule has 0 aliphatic carbocycles. The van der Waals surface area contributed by atoms with Crippen molar-refractivity contribution in [2.45, 2.75) is 10.6 Å². The van der Waals surface area contributed by atoms with E-state index in [2.05, 4.69) is 87.8 Å². The van der Waals surface area contributed by atoms with E-state index in [0.29, 0.717) is 0 Å². The summed E-state index contributed by atoms with van der Waals surface area (Å²) in [4.78, 5) is 1.19. The number of anilines is 2. The summed E-state index contributed by atoms with van der Waals surface area (Å²) in [6, 6.07) is 27.4. The van der Waals surface area contributed by atoms with Gasteiger partial charge < -0.3 is 5.32 Å². The zero-order chi connectivity index (χ0) is 17.6. The van der Waals surface area contributed by atoms with E-state index in [0.717, 1.165) is 16.6 Å². The first-order valence-electron chi connectivity index (χ1n) is 8.22. The maximum atomic E-state index is 4.02. The van der Waals surface area contributed by atoms with E-state index in [1.807, 2.05) is 23.9 Å². The Morgan fingerprint density at radius 2 is 1.65 bits per heavy atom. The SMILES string of the molecule is [c]1nnc(Nc2ccccc2SCc2ccccc2-c2ccccc2)s1. The molecule has 3 aromatic carbocycles. The third kappa shape index (κ3) is 3.95. The fourth-order valence-electron chi connectivity index (χ4n) is 2.71. The molecule has 1 N–H and O–H groups in total. The number of benzene rings is 3. The molecule has 0 aliphatic rings. The van der Waals surface area contributed by atoms with Crippen LogP contribution in [0.4, 0.5) is 10.8 Å². The van der Waals surface area contributed by atoms with Gasteiger partial charge in [-0.3, -0.25) is 0 Å². The van der Waals surface area contributed by atoms with Crippen LogP contribution < -0.4 is 5.32 Å². The number of rotatable bonds is 6. The van der Waals surface area contributed by atoms with Crippen molar-refractivity contribution in [1.29, 1.82) is 0 Å². The summed E-state index contributed by atoms with van der Waals surface area (Å²) >= 11 is 3.19. The highest BCUT2D eigenvalue weighted by molar-refractivity contribution is 7.98. The van der Waals surface area contributed by atoms with Crippen LogP contribution in [-0.4, -0.2) is 10.2 Å². The van der Waals surface area contributed by atoms with Gasteiger partial charge in [0.15, 0.2) is 5.51 Å². The molecule has 0 spiro atoms. The topological polar surface area (TPSA) is 37.8 Å². The van der Waals surface area contributed by atoms with Crippen molar-refractivity contribution in [2.24, 2.45) is 0 Å². The van der Waals surface area contributed by atoms with Gasteiger partial charge in [-0.15, -0.1) is 22.0 Å². The number of hydrogen-bond donors (Lipinski definition) is 1. The van der Waals surface area contributed by atoms with Gasteiger partial charge in [0.2, 0.25) is 5.13 Å². The van der Waals surface area contributed by atoms with Gasteiger partial charge in [-0.05, 0) is 28.8 Å². The summed E-state index contributed by atoms with van der Waals surface area (Å²) in [7, 11) is 0. The van der Waals surface area contributed by atoms with Crippen molar-refractivity contribution in [3.05, 3.63) is 89.9 Å². The van der Waals surface area contributed by atoms with Crippen LogP contribution in [0.5, 0.6) is 0 Å². The Morgan fingerprint density at radius 3 is 2.50 bits per heavy atom. The molecular weight excluding hydrogens is 358 g/mol. The third-order valence-corrected chi connectivity index (χ3v) is 5.61. The highest BCUT2D eigenvalue weighted by Crippen LogP contribution is 2.34. The average molecular weight is 375 g/mol. The number of aromatic nitrogens is 2. The van der Waals surface area contributed by atoms with Crippen LogP contribution in [0.25, 0.3) is 11.1 Å². The Balaban J connectivity index is 1.56. The Morgan fingerprint density at radius 1 is 0.885 bits per heavy atom. The molecule has 4 rings (SSSR count). The van der Waals surface area contributed by atoms with E-state index >= 15 is 0 Å². The normalized spacial score (nSPS) is 10.6. The second-order valence-corrected chi connectivity index (χ2v) is 7.42. The second-order valence-electron chi connectivity index (χ2n) is 5.63. The second kappa shape index (κ2) is 8.17. The van der Waals surface area contributed by atoms with Crippen LogP contribution in [0.3, 0.4) is 0 Å². The number of nitrogens with one attached hydrogen (secondary N) is 1. The van der Waals surface area contributed by atoms with E-state index < -0.39 is 0 Å². The zero-order valence-electron chi connectivity index (χ0n) is 13.9. The van der Waals surface area contributed by atoms with Gasteiger partial charge >= 0.3 is 0 Å². The summed E-state index contributed by atoms with van der Waals surface area (Å²) in [6.07, 6.45) is 0. The van der Waals surface area contributed by atoms with Crippen molar-refractivity contribution < 1.29 is 0 Å². The van der Waals surface area contributed by atoms with Gasteiger partial charge in [0.25, 0.3) is 0 Å². The van der Waals surface area contributed by atoms with Gasteiger partial charge in [-0.1, -0.05) is 78.1 Å². The molecule has 26 heavy (non-hydrogen) atoms. The third-order valence-electron chi connectivity index (χ3n) is 3.94. The molecule has 4 aromatic rings. The van der Waals surface area contributed by atoms with Gasteiger partial charge in [0.1, 0.15) is 0 Å². The summed E-state index contributed by atoms with van der Waals surface area (Å²) in [5.41, 5.74) is 7.66. The van der Waals surface area contributed by atoms with E-state index in [1.165, 1.54) is 32.9 Å². The van der Waals surface area contributed by atoms with Crippen molar-refractivity contribution in [3.63, 3.8) is 0 Å². The van der Waals surface area contributed by atoms with Gasteiger partial charge in [0, 0.05) is 10.6 Å². The molecule has 0 atom stereocenters. The van der Waals surface area contributed by atoms with E-state index in [4.69, 9.17) is 0 Å². The van der Waals surface area contributed by atoms with Crippen LogP contribution in [0, 0.1) is 5.51 Å². The van der Waals surface area contributed by atoms with Gasteiger partial charge in [-0.2, -0.15) is 0 Å². The van der Waals surface area contributed by atoms with Crippen LogP contribution in [-0.2, 0) is 5.75 Å². The average Bonchev–Trinajstić information content (AvgIpc) is 3.21. The molecular formula is C21H16N3S2. The number of nitrogens with zero attached hydrogens (tertiary/aromatic N) is 2. The van der Waals surface area contributed by atoms with Crippen LogP contribution in [0.1, 0.15) is 5.56 Å². The summed E-state index contributed by atoms with van der Waals surface area (Å²) < 4.78 is 0. The lowest BCUT2D eigenvalue weighted by molar-refractivity contribution is 1.08. The molecule has 0 saturated carbocycles. The molecule has 0 bridgehead atoms. The van der Waals surface area contributed by atoms with Crippen LogP contribution >= 0.6 is 23.1 Å². The van der Waals surface area contributed by atoms with Crippen LogP contribution in [0.15, 0.2) is 83.8 Å². The first-order chi connectivity index (χ1) is 12.9. The molecule has 127 valence electrons. The molecule has 3 nitrogen and oxygen atoms in total. The molecule has 1 aromatic heterocycles. The Kier molecular flexibility index (Phi) is 5.28. The molecule has 1 radical (unpaired) electrons. The lowest BCUT2D eigenvalue weighted by Crippen LogP contribution is -1.93. The molecule has 0 fully saturated rings. The minimum absolute atomic E-state index is 0.753. The molecule has 0 aliphatic heterocycles. The zero-order valence-corrected chi connectivity index (χ0v) is 15.6. The first-order valence-corrected chi connectivity index (χ1v) is 10.0.